The summed E-state index contributed by atoms with van der Waals surface area (Å²) in [6.07, 6.45) is 0. The van der Waals surface area contributed by atoms with Gasteiger partial charge in [0, 0.05) is 0 Å². The maximum absolute atomic E-state index is 9.06. The molecule has 0 rings (SSSR count). The van der Waals surface area contributed by atoms with E-state index in [0.717, 1.165) is 0 Å². The molecule has 0 unspecified atom stereocenters. The van der Waals surface area contributed by atoms with Gasteiger partial charge in [0.1, 0.15) is 0 Å². The summed E-state index contributed by atoms with van der Waals surface area (Å²) in [5, 5.41) is 52.7. The second-order valence-corrected chi connectivity index (χ2v) is 2.73. The Labute approximate surface area is 69.3 Å². The van der Waals surface area contributed by atoms with Crippen LogP contribution in [0, 0.1) is 5.41 Å². The van der Waals surface area contributed by atoms with E-state index >= 15 is 0 Å². The predicted octanol–water partition coefficient (Wildman–Crippen LogP) is -3.38. The van der Waals surface area contributed by atoms with E-state index in [9.17, 15) is 0 Å². The molecule has 6 heteroatoms. The van der Waals surface area contributed by atoms with Crippen LogP contribution in [0.25, 0.3) is 0 Å². The molecule has 0 aliphatic heterocycles. The Morgan fingerprint density at radius 3 is 1.08 bits per heavy atom. The molecular weight excluding hydrogens is 168 g/mol. The fourth-order valence-electron chi connectivity index (χ4n) is 0.698. The van der Waals surface area contributed by atoms with Gasteiger partial charge in [0.25, 0.3) is 0 Å². The van der Waals surface area contributed by atoms with Crippen molar-refractivity contribution in [2.45, 2.75) is 5.79 Å². The van der Waals surface area contributed by atoms with Gasteiger partial charge in [0.15, 0.2) is 5.79 Å². The molecule has 6 nitrogen and oxygen atoms in total. The molecule has 0 aromatic carbocycles. The van der Waals surface area contributed by atoms with Gasteiger partial charge in [-0.1, -0.05) is 0 Å². The zero-order valence-corrected chi connectivity index (χ0v) is 6.51. The average molecular weight is 182 g/mol. The second-order valence-electron chi connectivity index (χ2n) is 2.73. The standard InChI is InChI=1S/C6H14O6/c7-1-5(2-8,3-9)6(11,12)4-10/h7-12H,1-4H2. The van der Waals surface area contributed by atoms with Gasteiger partial charge >= 0.3 is 0 Å². The van der Waals surface area contributed by atoms with Crippen molar-refractivity contribution in [1.82, 2.24) is 0 Å². The summed E-state index contributed by atoms with van der Waals surface area (Å²) in [6.45, 7) is -3.59. The molecule has 0 spiro atoms. The number of aliphatic hydroxyl groups excluding tert-OH is 4. The summed E-state index contributed by atoms with van der Waals surface area (Å²) in [7, 11) is 0. The number of rotatable bonds is 5. The van der Waals surface area contributed by atoms with Gasteiger partial charge in [-0.25, -0.2) is 0 Å². The summed E-state index contributed by atoms with van der Waals surface area (Å²) < 4.78 is 0. The van der Waals surface area contributed by atoms with Gasteiger partial charge in [-0.2, -0.15) is 0 Å². The van der Waals surface area contributed by atoms with Gasteiger partial charge in [-0.05, 0) is 0 Å². The number of aliphatic hydroxyl groups is 6. The van der Waals surface area contributed by atoms with Crippen molar-refractivity contribution in [3.8, 4) is 0 Å². The molecule has 0 aromatic rings. The monoisotopic (exact) mass is 182 g/mol. The van der Waals surface area contributed by atoms with E-state index in [2.05, 4.69) is 0 Å². The summed E-state index contributed by atoms with van der Waals surface area (Å²) in [5.74, 6) is -2.69. The first-order valence-electron chi connectivity index (χ1n) is 3.38. The minimum atomic E-state index is -2.69. The van der Waals surface area contributed by atoms with Gasteiger partial charge in [-0.15, -0.1) is 0 Å². The molecule has 0 saturated carbocycles. The molecule has 6 N–H and O–H groups in total. The van der Waals surface area contributed by atoms with Crippen LogP contribution in [0.5, 0.6) is 0 Å². The van der Waals surface area contributed by atoms with E-state index in [-0.39, 0.29) is 0 Å². The molecule has 0 aliphatic carbocycles. The third-order valence-corrected chi connectivity index (χ3v) is 1.98. The predicted molar refractivity (Wildman–Crippen MR) is 37.9 cm³/mol. The zero-order valence-electron chi connectivity index (χ0n) is 6.51. The highest BCUT2D eigenvalue weighted by Crippen LogP contribution is 2.27. The lowest BCUT2D eigenvalue weighted by molar-refractivity contribution is -0.287. The highest BCUT2D eigenvalue weighted by Gasteiger charge is 2.48. The molecule has 0 amide bonds. The lowest BCUT2D eigenvalue weighted by Gasteiger charge is -2.38. The molecular formula is C6H14O6. The van der Waals surface area contributed by atoms with E-state index < -0.39 is 37.6 Å². The van der Waals surface area contributed by atoms with E-state index in [1.54, 1.807) is 0 Å². The molecule has 12 heavy (non-hydrogen) atoms. The van der Waals surface area contributed by atoms with Crippen LogP contribution in [0.1, 0.15) is 0 Å². The summed E-state index contributed by atoms with van der Waals surface area (Å²) in [6, 6.07) is 0. The lowest BCUT2D eigenvalue weighted by Crippen LogP contribution is -2.57. The van der Waals surface area contributed by atoms with Crippen molar-refractivity contribution in [3.05, 3.63) is 0 Å². The van der Waals surface area contributed by atoms with Crippen LogP contribution in [0.3, 0.4) is 0 Å². The Balaban J connectivity index is 4.69. The van der Waals surface area contributed by atoms with Crippen molar-refractivity contribution in [2.75, 3.05) is 26.4 Å². The maximum Gasteiger partial charge on any atom is 0.199 e. The Bertz CT molecular complexity index is 122. The Hall–Kier alpha value is -0.240. The first-order chi connectivity index (χ1) is 5.49. The summed E-state index contributed by atoms with van der Waals surface area (Å²) in [4.78, 5) is 0. The fourth-order valence-corrected chi connectivity index (χ4v) is 0.698. The van der Waals surface area contributed by atoms with Crippen LogP contribution in [0.2, 0.25) is 0 Å². The minimum absolute atomic E-state index is 0.840. The third kappa shape index (κ3) is 1.74. The summed E-state index contributed by atoms with van der Waals surface area (Å²) in [5.41, 5.74) is -1.90. The topological polar surface area (TPSA) is 121 Å². The van der Waals surface area contributed by atoms with Gasteiger partial charge in [0.05, 0.1) is 31.8 Å². The Morgan fingerprint density at radius 2 is 1.00 bits per heavy atom. The normalized spacial score (nSPS) is 13.5. The smallest absolute Gasteiger partial charge is 0.199 e. The highest BCUT2D eigenvalue weighted by molar-refractivity contribution is 4.90. The third-order valence-electron chi connectivity index (χ3n) is 1.98. The molecule has 0 atom stereocenters. The fraction of sp³-hybridized carbons (Fsp3) is 1.00. The van der Waals surface area contributed by atoms with E-state index in [0.29, 0.717) is 0 Å². The largest absolute Gasteiger partial charge is 0.395 e. The molecule has 74 valence electrons. The Morgan fingerprint density at radius 1 is 0.667 bits per heavy atom. The lowest BCUT2D eigenvalue weighted by atomic mass is 9.82. The van der Waals surface area contributed by atoms with Crippen molar-refractivity contribution in [1.29, 1.82) is 0 Å². The van der Waals surface area contributed by atoms with E-state index in [4.69, 9.17) is 30.6 Å². The molecule has 0 radical (unpaired) electrons. The van der Waals surface area contributed by atoms with Crippen LogP contribution < -0.4 is 0 Å². The van der Waals surface area contributed by atoms with Crippen molar-refractivity contribution in [3.63, 3.8) is 0 Å². The van der Waals surface area contributed by atoms with Crippen molar-refractivity contribution >= 4 is 0 Å². The number of hydrogen-bond acceptors (Lipinski definition) is 6. The van der Waals surface area contributed by atoms with Gasteiger partial charge in [0.2, 0.25) is 0 Å². The second kappa shape index (κ2) is 4.13. The molecule has 0 heterocycles. The van der Waals surface area contributed by atoms with E-state index in [1.807, 2.05) is 0 Å². The zero-order chi connectivity index (χ0) is 9.83. The first-order valence-corrected chi connectivity index (χ1v) is 3.38. The number of hydrogen-bond donors (Lipinski definition) is 6. The quantitative estimate of drug-likeness (QED) is 0.247. The van der Waals surface area contributed by atoms with Crippen molar-refractivity contribution < 1.29 is 30.6 Å². The van der Waals surface area contributed by atoms with Gasteiger partial charge < -0.3 is 30.6 Å². The van der Waals surface area contributed by atoms with Crippen LogP contribution >= 0.6 is 0 Å². The van der Waals surface area contributed by atoms with Crippen LogP contribution in [0.15, 0.2) is 0 Å². The Kier molecular flexibility index (Phi) is 4.04. The average Bonchev–Trinajstić information content (AvgIpc) is 2.08. The molecule has 0 saturated heterocycles. The molecule has 0 bridgehead atoms. The van der Waals surface area contributed by atoms with Crippen LogP contribution in [-0.4, -0.2) is 62.9 Å². The van der Waals surface area contributed by atoms with Crippen LogP contribution in [-0.2, 0) is 0 Å². The van der Waals surface area contributed by atoms with Crippen LogP contribution in [0.4, 0.5) is 0 Å². The van der Waals surface area contributed by atoms with E-state index in [1.165, 1.54) is 0 Å². The SMILES string of the molecule is OCC(O)(O)C(CO)(CO)CO. The summed E-state index contributed by atoms with van der Waals surface area (Å²) >= 11 is 0. The molecule has 0 aromatic heterocycles. The molecule has 0 fully saturated rings. The first kappa shape index (κ1) is 11.8. The highest BCUT2D eigenvalue weighted by atomic mass is 16.5. The maximum atomic E-state index is 9.06. The minimum Gasteiger partial charge on any atom is -0.395 e. The van der Waals surface area contributed by atoms with Gasteiger partial charge in [-0.3, -0.25) is 0 Å². The van der Waals surface area contributed by atoms with Crippen molar-refractivity contribution in [2.24, 2.45) is 5.41 Å². The molecule has 0 aliphatic rings.